The van der Waals surface area contributed by atoms with Crippen molar-refractivity contribution < 1.29 is 4.79 Å². The topological polar surface area (TPSA) is 59.3 Å². The molecule has 0 atom stereocenters. The molecule has 29 heavy (non-hydrogen) atoms. The lowest BCUT2D eigenvalue weighted by Gasteiger charge is -2.09. The van der Waals surface area contributed by atoms with Crippen LogP contribution in [0.2, 0.25) is 0 Å². The highest BCUT2D eigenvalue weighted by Gasteiger charge is 2.15. The molecule has 1 N–H and O–H groups in total. The number of imidazole rings is 1. The van der Waals surface area contributed by atoms with E-state index in [1.54, 1.807) is 11.3 Å². The van der Waals surface area contributed by atoms with E-state index in [-0.39, 0.29) is 5.91 Å². The van der Waals surface area contributed by atoms with Crippen LogP contribution in [-0.2, 0) is 11.2 Å². The smallest absolute Gasteiger partial charge is 0.230 e. The summed E-state index contributed by atoms with van der Waals surface area (Å²) in [5.41, 5.74) is 3.68. The number of carbonyl (C=O) groups excluding carboxylic acids is 1. The summed E-state index contributed by atoms with van der Waals surface area (Å²) in [7, 11) is 0. The first-order valence-corrected chi connectivity index (χ1v) is 11.2. The lowest BCUT2D eigenvalue weighted by atomic mass is 10.2. The molecule has 0 saturated heterocycles. The Bertz CT molecular complexity index is 1310. The maximum Gasteiger partial charge on any atom is 0.230 e. The van der Waals surface area contributed by atoms with Gasteiger partial charge in [0.1, 0.15) is 5.65 Å². The van der Waals surface area contributed by atoms with Gasteiger partial charge in [-0.15, -0.1) is 11.3 Å². The SMILES string of the molecule is O=C(CSc1nc2ccccc2c2nc3ccccc3n12)NCCc1cccs1. The molecule has 5 nitrogen and oxygen atoms in total. The highest BCUT2D eigenvalue weighted by Crippen LogP contribution is 2.28. The summed E-state index contributed by atoms with van der Waals surface area (Å²) in [5, 5.41) is 6.84. The molecule has 0 saturated carbocycles. The van der Waals surface area contributed by atoms with E-state index >= 15 is 0 Å². The van der Waals surface area contributed by atoms with Gasteiger partial charge in [0.2, 0.25) is 5.91 Å². The van der Waals surface area contributed by atoms with Crippen molar-refractivity contribution in [3.63, 3.8) is 0 Å². The third-order valence-corrected chi connectivity index (χ3v) is 6.59. The van der Waals surface area contributed by atoms with Gasteiger partial charge in [0.05, 0.1) is 22.3 Å². The molecule has 5 aromatic rings. The number of aromatic nitrogens is 3. The first-order valence-electron chi connectivity index (χ1n) is 9.37. The monoisotopic (exact) mass is 418 g/mol. The summed E-state index contributed by atoms with van der Waals surface area (Å²) >= 11 is 3.16. The standard InChI is InChI=1S/C22H18N4OS2/c27-20(23-12-11-15-6-5-13-28-15)14-29-22-25-17-8-2-1-7-16(17)21-24-18-9-3-4-10-19(18)26(21)22/h1-10,13H,11-12,14H2,(H,23,27). The van der Waals surface area contributed by atoms with Gasteiger partial charge < -0.3 is 5.32 Å². The van der Waals surface area contributed by atoms with E-state index in [0.717, 1.165) is 39.2 Å². The second-order valence-electron chi connectivity index (χ2n) is 6.64. The van der Waals surface area contributed by atoms with E-state index in [2.05, 4.69) is 21.2 Å². The lowest BCUT2D eigenvalue weighted by molar-refractivity contribution is -0.118. The second kappa shape index (κ2) is 7.85. The third-order valence-electron chi connectivity index (χ3n) is 4.72. The Morgan fingerprint density at radius 3 is 2.69 bits per heavy atom. The highest BCUT2D eigenvalue weighted by molar-refractivity contribution is 7.99. The second-order valence-corrected chi connectivity index (χ2v) is 8.61. The Kier molecular flexibility index (Phi) is 4.91. The van der Waals surface area contributed by atoms with E-state index < -0.39 is 0 Å². The van der Waals surface area contributed by atoms with Gasteiger partial charge >= 0.3 is 0 Å². The first-order chi connectivity index (χ1) is 14.3. The molecule has 0 aliphatic carbocycles. The number of rotatable bonds is 6. The number of nitrogens with one attached hydrogen (secondary N) is 1. The molecule has 144 valence electrons. The van der Waals surface area contributed by atoms with Crippen molar-refractivity contribution >= 4 is 56.6 Å². The predicted molar refractivity (Wildman–Crippen MR) is 120 cm³/mol. The maximum atomic E-state index is 12.4. The molecule has 3 aromatic heterocycles. The largest absolute Gasteiger partial charge is 0.355 e. The number of hydrogen-bond acceptors (Lipinski definition) is 5. The van der Waals surface area contributed by atoms with Gasteiger partial charge in [-0.25, -0.2) is 9.97 Å². The summed E-state index contributed by atoms with van der Waals surface area (Å²) in [5.74, 6) is 0.330. The first kappa shape index (κ1) is 18.1. The van der Waals surface area contributed by atoms with Crippen molar-refractivity contribution in [2.45, 2.75) is 11.6 Å². The number of para-hydroxylation sites is 3. The van der Waals surface area contributed by atoms with E-state index in [1.807, 2.05) is 54.6 Å². The molecule has 0 bridgehead atoms. The number of thioether (sulfide) groups is 1. The normalized spacial score (nSPS) is 11.4. The zero-order valence-electron chi connectivity index (χ0n) is 15.5. The van der Waals surface area contributed by atoms with Crippen LogP contribution in [-0.4, -0.2) is 32.6 Å². The predicted octanol–water partition coefficient (Wildman–Crippen LogP) is 4.55. The number of benzene rings is 2. The average Bonchev–Trinajstić information content (AvgIpc) is 3.40. The van der Waals surface area contributed by atoms with E-state index in [4.69, 9.17) is 9.97 Å². The van der Waals surface area contributed by atoms with Crippen molar-refractivity contribution in [2.24, 2.45) is 0 Å². The quantitative estimate of drug-likeness (QED) is 0.325. The number of fused-ring (bicyclic) bond motifs is 5. The van der Waals surface area contributed by atoms with Gasteiger partial charge in [-0.2, -0.15) is 0 Å². The van der Waals surface area contributed by atoms with Crippen LogP contribution in [0.25, 0.3) is 27.6 Å². The number of amides is 1. The van der Waals surface area contributed by atoms with Gasteiger partial charge in [-0.05, 0) is 42.1 Å². The fourth-order valence-corrected chi connectivity index (χ4v) is 4.92. The summed E-state index contributed by atoms with van der Waals surface area (Å²) < 4.78 is 2.06. The number of hydrogen-bond donors (Lipinski definition) is 1. The van der Waals surface area contributed by atoms with Gasteiger partial charge in [-0.3, -0.25) is 9.20 Å². The Morgan fingerprint density at radius 2 is 1.83 bits per heavy atom. The van der Waals surface area contributed by atoms with E-state index in [0.29, 0.717) is 12.3 Å². The zero-order chi connectivity index (χ0) is 19.6. The molecule has 0 spiro atoms. The molecular formula is C22H18N4OS2. The van der Waals surface area contributed by atoms with Crippen molar-refractivity contribution in [1.29, 1.82) is 0 Å². The summed E-state index contributed by atoms with van der Waals surface area (Å²) in [6.07, 6.45) is 0.860. The Morgan fingerprint density at radius 1 is 1.00 bits per heavy atom. The molecule has 2 aromatic carbocycles. The average molecular weight is 419 g/mol. The third kappa shape index (κ3) is 3.59. The molecule has 0 radical (unpaired) electrons. The molecular weight excluding hydrogens is 400 g/mol. The minimum Gasteiger partial charge on any atom is -0.355 e. The van der Waals surface area contributed by atoms with Crippen molar-refractivity contribution in [3.05, 3.63) is 70.9 Å². The van der Waals surface area contributed by atoms with Crippen molar-refractivity contribution in [1.82, 2.24) is 19.7 Å². The maximum absolute atomic E-state index is 12.4. The van der Waals surface area contributed by atoms with Crippen LogP contribution < -0.4 is 5.32 Å². The molecule has 0 fully saturated rings. The number of nitrogens with zero attached hydrogens (tertiary/aromatic N) is 3. The van der Waals surface area contributed by atoms with Crippen LogP contribution in [0, 0.1) is 0 Å². The Labute approximate surface area is 175 Å². The summed E-state index contributed by atoms with van der Waals surface area (Å²) in [6.45, 7) is 0.647. The van der Waals surface area contributed by atoms with Gasteiger partial charge in [0, 0.05) is 16.8 Å². The van der Waals surface area contributed by atoms with Crippen LogP contribution in [0.15, 0.2) is 71.2 Å². The molecule has 0 aliphatic rings. The van der Waals surface area contributed by atoms with Gasteiger partial charge in [-0.1, -0.05) is 42.1 Å². The fourth-order valence-electron chi connectivity index (χ4n) is 3.37. The molecule has 0 unspecified atom stereocenters. The Hall–Kier alpha value is -2.90. The van der Waals surface area contributed by atoms with Crippen LogP contribution in [0.5, 0.6) is 0 Å². The number of carbonyl (C=O) groups is 1. The lowest BCUT2D eigenvalue weighted by Crippen LogP contribution is -2.27. The van der Waals surface area contributed by atoms with Crippen molar-refractivity contribution in [3.8, 4) is 0 Å². The molecule has 3 heterocycles. The van der Waals surface area contributed by atoms with Crippen LogP contribution in [0.1, 0.15) is 4.88 Å². The minimum atomic E-state index is 0.0130. The summed E-state index contributed by atoms with van der Waals surface area (Å²) in [6, 6.07) is 20.1. The minimum absolute atomic E-state index is 0.0130. The van der Waals surface area contributed by atoms with Crippen LogP contribution in [0.4, 0.5) is 0 Å². The Balaban J connectivity index is 1.42. The van der Waals surface area contributed by atoms with Crippen molar-refractivity contribution in [2.75, 3.05) is 12.3 Å². The molecule has 1 amide bonds. The van der Waals surface area contributed by atoms with Crippen LogP contribution >= 0.6 is 23.1 Å². The molecule has 5 rings (SSSR count). The van der Waals surface area contributed by atoms with Gasteiger partial charge in [0.25, 0.3) is 0 Å². The van der Waals surface area contributed by atoms with Gasteiger partial charge in [0.15, 0.2) is 5.16 Å². The number of thiophene rings is 1. The van der Waals surface area contributed by atoms with E-state index in [9.17, 15) is 4.79 Å². The van der Waals surface area contributed by atoms with Crippen LogP contribution in [0.3, 0.4) is 0 Å². The zero-order valence-corrected chi connectivity index (χ0v) is 17.2. The molecule has 7 heteroatoms. The summed E-state index contributed by atoms with van der Waals surface area (Å²) in [4.78, 5) is 23.3. The fraction of sp³-hybridized carbons (Fsp3) is 0.136. The molecule has 0 aliphatic heterocycles. The highest BCUT2D eigenvalue weighted by atomic mass is 32.2. The van der Waals surface area contributed by atoms with E-state index in [1.165, 1.54) is 16.6 Å².